The van der Waals surface area contributed by atoms with Gasteiger partial charge >= 0.3 is 0 Å². The van der Waals surface area contributed by atoms with Crippen molar-refractivity contribution in [2.24, 2.45) is 23.7 Å². The van der Waals surface area contributed by atoms with E-state index in [0.717, 1.165) is 37.3 Å². The molecule has 0 spiro atoms. The van der Waals surface area contributed by atoms with Crippen LogP contribution >= 0.6 is 0 Å². The fraction of sp³-hybridized carbons (Fsp3) is 0.455. The van der Waals surface area contributed by atoms with Gasteiger partial charge in [-0.05, 0) is 59.1 Å². The minimum Gasteiger partial charge on any atom is -0.370 e. The van der Waals surface area contributed by atoms with Gasteiger partial charge in [0, 0.05) is 31.9 Å². The molecular weight excluding hydrogens is 383 g/mol. The Morgan fingerprint density at radius 2 is 2.03 bits per heavy atom. The predicted octanol–water partition coefficient (Wildman–Crippen LogP) is 2.75. The van der Waals surface area contributed by atoms with Gasteiger partial charge in [0.1, 0.15) is 5.82 Å². The number of H-pyrrole nitrogens is 1. The van der Waals surface area contributed by atoms with Crippen LogP contribution in [0.2, 0.25) is 0 Å². The summed E-state index contributed by atoms with van der Waals surface area (Å²) in [5.74, 6) is 1.95. The number of aromatic amines is 1. The van der Waals surface area contributed by atoms with Crippen molar-refractivity contribution in [1.82, 2.24) is 25.2 Å². The number of aromatic nitrogens is 5. The Balaban J connectivity index is 1.39. The van der Waals surface area contributed by atoms with Gasteiger partial charge < -0.3 is 9.47 Å². The van der Waals surface area contributed by atoms with E-state index in [1.54, 1.807) is 22.8 Å². The second-order valence-electron chi connectivity index (χ2n) is 8.89. The van der Waals surface area contributed by atoms with Crippen LogP contribution in [0.3, 0.4) is 0 Å². The van der Waals surface area contributed by atoms with Gasteiger partial charge in [-0.3, -0.25) is 4.79 Å². The maximum Gasteiger partial charge on any atom is 0.250 e. The number of hydrogen-bond donors (Lipinski definition) is 1. The van der Waals surface area contributed by atoms with E-state index in [-0.39, 0.29) is 17.2 Å². The Bertz CT molecular complexity index is 1100. The summed E-state index contributed by atoms with van der Waals surface area (Å²) < 4.78 is 16.9. The molecule has 1 aliphatic carbocycles. The number of fused-ring (bicyclic) bond motifs is 1. The summed E-state index contributed by atoms with van der Waals surface area (Å²) in [6.45, 7) is 6.72. The molecule has 1 aromatic carbocycles. The molecule has 3 aromatic rings. The molecule has 2 aliphatic rings. The third-order valence-corrected chi connectivity index (χ3v) is 6.36. The molecule has 5 rings (SSSR count). The van der Waals surface area contributed by atoms with Gasteiger partial charge in [0.15, 0.2) is 0 Å². The van der Waals surface area contributed by atoms with Crippen LogP contribution in [0.25, 0.3) is 11.4 Å². The molecule has 2 unspecified atom stereocenters. The van der Waals surface area contributed by atoms with E-state index >= 15 is 4.39 Å². The molecule has 2 fully saturated rings. The topological polar surface area (TPSA) is 79.7 Å². The normalized spacial score (nSPS) is 22.5. The lowest BCUT2D eigenvalue weighted by Crippen LogP contribution is -2.27. The number of anilines is 1. The molecule has 30 heavy (non-hydrogen) atoms. The van der Waals surface area contributed by atoms with Crippen molar-refractivity contribution in [2.75, 3.05) is 18.0 Å². The van der Waals surface area contributed by atoms with Gasteiger partial charge in [0.05, 0.1) is 11.3 Å². The quantitative estimate of drug-likeness (QED) is 0.678. The third-order valence-electron chi connectivity index (χ3n) is 6.36. The number of halogens is 1. The number of hydrogen-bond acceptors (Lipinski definition) is 5. The molecule has 2 aromatic heterocycles. The van der Waals surface area contributed by atoms with Crippen LogP contribution in [0.4, 0.5) is 10.1 Å². The van der Waals surface area contributed by atoms with Crippen molar-refractivity contribution in [1.29, 1.82) is 0 Å². The van der Waals surface area contributed by atoms with E-state index < -0.39 is 0 Å². The largest absolute Gasteiger partial charge is 0.370 e. The average molecular weight is 408 g/mol. The van der Waals surface area contributed by atoms with Gasteiger partial charge in [0.25, 0.3) is 5.56 Å². The van der Waals surface area contributed by atoms with Crippen molar-refractivity contribution in [3.05, 3.63) is 58.3 Å². The fourth-order valence-electron chi connectivity index (χ4n) is 4.93. The van der Waals surface area contributed by atoms with Gasteiger partial charge in [-0.2, -0.15) is 5.21 Å². The summed E-state index contributed by atoms with van der Waals surface area (Å²) in [6.07, 6.45) is 2.67. The maximum atomic E-state index is 15.1. The number of pyridine rings is 1. The smallest absolute Gasteiger partial charge is 0.250 e. The molecule has 2 atom stereocenters. The molecular formula is C22H25FN6O. The van der Waals surface area contributed by atoms with Crippen LogP contribution in [0, 0.1) is 29.5 Å². The average Bonchev–Trinajstić information content (AvgIpc) is 3.11. The molecule has 1 N–H and O–H groups in total. The third kappa shape index (κ3) is 3.40. The summed E-state index contributed by atoms with van der Waals surface area (Å²) in [6, 6.07) is 8.94. The highest BCUT2D eigenvalue weighted by molar-refractivity contribution is 5.76. The lowest BCUT2D eigenvalue weighted by molar-refractivity contribution is 0.525. The molecule has 1 saturated heterocycles. The Kier molecular flexibility index (Phi) is 4.64. The van der Waals surface area contributed by atoms with Crippen LogP contribution in [-0.2, 0) is 13.0 Å². The molecule has 1 saturated carbocycles. The highest BCUT2D eigenvalue weighted by Crippen LogP contribution is 2.54. The monoisotopic (exact) mass is 408 g/mol. The number of benzene rings is 1. The molecule has 7 nitrogen and oxygen atoms in total. The van der Waals surface area contributed by atoms with E-state index in [4.69, 9.17) is 0 Å². The summed E-state index contributed by atoms with van der Waals surface area (Å²) in [7, 11) is 0. The summed E-state index contributed by atoms with van der Waals surface area (Å²) in [5, 5.41) is 14.1. The Morgan fingerprint density at radius 1 is 1.23 bits per heavy atom. The molecule has 8 heteroatoms. The number of piperidine rings is 1. The minimum atomic E-state index is -0.308. The standard InChI is InChI=1S/C22H25FN6O/c1-13(2)7-14-8-18(23)21(22-24-26-27-25-22)19(9-14)29-11-16-15(17(16)12-29)10-28-6-4-3-5-20(28)30/h3-6,8-9,13,15-17H,7,10-12H2,1-2H3,(H,24,25,26,27). The van der Waals surface area contributed by atoms with E-state index in [1.165, 1.54) is 0 Å². The van der Waals surface area contributed by atoms with Crippen molar-refractivity contribution in [3.8, 4) is 11.4 Å². The van der Waals surface area contributed by atoms with Crippen LogP contribution in [-0.4, -0.2) is 38.3 Å². The number of nitrogens with zero attached hydrogens (tertiary/aromatic N) is 5. The first-order valence-corrected chi connectivity index (χ1v) is 10.5. The highest BCUT2D eigenvalue weighted by atomic mass is 19.1. The van der Waals surface area contributed by atoms with E-state index in [9.17, 15) is 4.79 Å². The lowest BCUT2D eigenvalue weighted by atomic mass is 9.99. The van der Waals surface area contributed by atoms with E-state index in [1.807, 2.05) is 12.3 Å². The first-order chi connectivity index (χ1) is 14.5. The lowest BCUT2D eigenvalue weighted by Gasteiger charge is -2.25. The molecule has 156 valence electrons. The maximum absolute atomic E-state index is 15.1. The second kappa shape index (κ2) is 7.34. The fourth-order valence-corrected chi connectivity index (χ4v) is 4.93. The summed E-state index contributed by atoms with van der Waals surface area (Å²) in [5.41, 5.74) is 2.28. The van der Waals surface area contributed by atoms with E-state index in [2.05, 4.69) is 45.4 Å². The van der Waals surface area contributed by atoms with Crippen molar-refractivity contribution in [2.45, 2.75) is 26.8 Å². The van der Waals surface area contributed by atoms with E-state index in [0.29, 0.717) is 29.2 Å². The highest BCUT2D eigenvalue weighted by Gasteiger charge is 2.55. The first-order valence-electron chi connectivity index (χ1n) is 10.5. The van der Waals surface area contributed by atoms with Gasteiger partial charge in [0.2, 0.25) is 5.82 Å². The first kappa shape index (κ1) is 19.0. The van der Waals surface area contributed by atoms with Gasteiger partial charge in [-0.1, -0.05) is 19.9 Å². The Labute approximate surface area is 173 Å². The number of tetrazole rings is 1. The second-order valence-corrected chi connectivity index (χ2v) is 8.89. The predicted molar refractivity (Wildman–Crippen MR) is 111 cm³/mol. The summed E-state index contributed by atoms with van der Waals surface area (Å²) >= 11 is 0. The Morgan fingerprint density at radius 3 is 2.70 bits per heavy atom. The SMILES string of the molecule is CC(C)Cc1cc(F)c(-c2nn[nH]n2)c(N2CC3C(C2)C3Cn2ccccc2=O)c1. The van der Waals surface area contributed by atoms with Crippen molar-refractivity contribution < 1.29 is 4.39 Å². The molecule has 1 aliphatic heterocycles. The number of rotatable bonds is 6. The molecule has 0 amide bonds. The van der Waals surface area contributed by atoms with Gasteiger partial charge in [-0.25, -0.2) is 4.39 Å². The van der Waals surface area contributed by atoms with Crippen molar-refractivity contribution in [3.63, 3.8) is 0 Å². The zero-order valence-corrected chi connectivity index (χ0v) is 17.1. The minimum absolute atomic E-state index is 0.0437. The number of nitrogens with one attached hydrogen (secondary N) is 1. The zero-order chi connectivity index (χ0) is 20.8. The van der Waals surface area contributed by atoms with Crippen LogP contribution in [0.15, 0.2) is 41.3 Å². The Hall–Kier alpha value is -3.03. The van der Waals surface area contributed by atoms with Crippen LogP contribution in [0.5, 0.6) is 0 Å². The van der Waals surface area contributed by atoms with Crippen LogP contribution < -0.4 is 10.5 Å². The van der Waals surface area contributed by atoms with Gasteiger partial charge in [-0.15, -0.1) is 10.2 Å². The van der Waals surface area contributed by atoms with Crippen molar-refractivity contribution >= 4 is 5.69 Å². The molecule has 0 bridgehead atoms. The van der Waals surface area contributed by atoms with Crippen LogP contribution in [0.1, 0.15) is 19.4 Å². The summed E-state index contributed by atoms with van der Waals surface area (Å²) in [4.78, 5) is 14.3. The zero-order valence-electron chi connectivity index (χ0n) is 17.1. The molecule has 0 radical (unpaired) electrons. The molecule has 3 heterocycles.